The second-order valence-corrected chi connectivity index (χ2v) is 7.26. The number of hydrogen-bond donors (Lipinski definition) is 3. The number of amidine groups is 1. The summed E-state index contributed by atoms with van der Waals surface area (Å²) >= 11 is 0. The maximum atomic E-state index is 11.4. The topological polar surface area (TPSA) is 105 Å². The van der Waals surface area contributed by atoms with Crippen LogP contribution >= 0.6 is 0 Å². The summed E-state index contributed by atoms with van der Waals surface area (Å²) in [5.74, 6) is 0.122. The zero-order valence-electron chi connectivity index (χ0n) is 10.2. The molecule has 96 valence electrons. The minimum absolute atomic E-state index is 0.0445. The van der Waals surface area contributed by atoms with Gasteiger partial charge in [0.05, 0.1) is 4.75 Å². The van der Waals surface area contributed by atoms with E-state index in [-0.39, 0.29) is 11.9 Å². The van der Waals surface area contributed by atoms with Gasteiger partial charge in [0.15, 0.2) is 9.84 Å². The number of nitrogens with two attached hydrogens (primary N) is 1. The fourth-order valence-electron chi connectivity index (χ4n) is 0.978. The van der Waals surface area contributed by atoms with Gasteiger partial charge in [-0.3, -0.25) is 0 Å². The molecule has 0 saturated heterocycles. The molecular formula is C9H21N3O3S. The van der Waals surface area contributed by atoms with Crippen LogP contribution < -0.4 is 11.1 Å². The van der Waals surface area contributed by atoms with Crippen LogP contribution in [0, 0.1) is 0 Å². The third-order valence-corrected chi connectivity index (χ3v) is 4.68. The molecule has 6 nitrogen and oxygen atoms in total. The second kappa shape index (κ2) is 5.49. The van der Waals surface area contributed by atoms with E-state index in [2.05, 4.69) is 10.5 Å². The Morgan fingerprint density at radius 1 is 1.56 bits per heavy atom. The van der Waals surface area contributed by atoms with Crippen molar-refractivity contribution in [1.82, 2.24) is 5.32 Å². The Bertz CT molecular complexity index is 349. The highest BCUT2D eigenvalue weighted by atomic mass is 32.2. The van der Waals surface area contributed by atoms with Gasteiger partial charge in [-0.2, -0.15) is 0 Å². The summed E-state index contributed by atoms with van der Waals surface area (Å²) in [5.41, 5.74) is 5.34. The van der Waals surface area contributed by atoms with Crippen LogP contribution in [0.15, 0.2) is 5.16 Å². The largest absolute Gasteiger partial charge is 0.409 e. The van der Waals surface area contributed by atoms with Gasteiger partial charge < -0.3 is 16.3 Å². The molecule has 0 aliphatic carbocycles. The highest BCUT2D eigenvalue weighted by Crippen LogP contribution is 2.13. The highest BCUT2D eigenvalue weighted by molar-refractivity contribution is 7.92. The zero-order valence-corrected chi connectivity index (χ0v) is 11.0. The van der Waals surface area contributed by atoms with Gasteiger partial charge in [0.25, 0.3) is 0 Å². The van der Waals surface area contributed by atoms with Gasteiger partial charge in [0.1, 0.15) is 5.84 Å². The Balaban J connectivity index is 4.26. The summed E-state index contributed by atoms with van der Waals surface area (Å²) in [6.45, 7) is 5.49. The van der Waals surface area contributed by atoms with Gasteiger partial charge in [-0.05, 0) is 20.8 Å². The Morgan fingerprint density at radius 2 is 2.06 bits per heavy atom. The first-order valence-corrected chi connectivity index (χ1v) is 6.88. The third-order valence-electron chi connectivity index (χ3n) is 2.52. The predicted octanol–water partition coefficient (Wildman–Crippen LogP) is -0.0758. The monoisotopic (exact) mass is 251 g/mol. The lowest BCUT2D eigenvalue weighted by molar-refractivity contribution is 0.315. The molecule has 0 aromatic carbocycles. The van der Waals surface area contributed by atoms with Crippen molar-refractivity contribution in [3.63, 3.8) is 0 Å². The van der Waals surface area contributed by atoms with Crippen molar-refractivity contribution in [2.75, 3.05) is 12.8 Å². The van der Waals surface area contributed by atoms with Crippen LogP contribution in [0.3, 0.4) is 0 Å². The van der Waals surface area contributed by atoms with Crippen molar-refractivity contribution in [3.05, 3.63) is 0 Å². The van der Waals surface area contributed by atoms with E-state index >= 15 is 0 Å². The van der Waals surface area contributed by atoms with E-state index in [0.717, 1.165) is 0 Å². The number of nitrogens with zero attached hydrogens (tertiary/aromatic N) is 1. The van der Waals surface area contributed by atoms with E-state index in [0.29, 0.717) is 13.0 Å². The molecule has 0 aliphatic rings. The van der Waals surface area contributed by atoms with Gasteiger partial charge in [-0.15, -0.1) is 0 Å². The molecule has 0 rings (SSSR count). The molecule has 0 saturated carbocycles. The fraction of sp³-hybridized carbons (Fsp3) is 0.889. The summed E-state index contributed by atoms with van der Waals surface area (Å²) in [4.78, 5) is 0. The number of oxime groups is 1. The molecular weight excluding hydrogens is 230 g/mol. The van der Waals surface area contributed by atoms with Gasteiger partial charge in [0, 0.05) is 25.3 Å². The summed E-state index contributed by atoms with van der Waals surface area (Å²) in [7, 11) is -3.11. The molecule has 1 atom stereocenters. The molecule has 0 aromatic rings. The molecule has 16 heavy (non-hydrogen) atoms. The van der Waals surface area contributed by atoms with Crippen LogP contribution in [0.25, 0.3) is 0 Å². The minimum Gasteiger partial charge on any atom is -0.409 e. The summed E-state index contributed by atoms with van der Waals surface area (Å²) in [6, 6.07) is -0.0445. The zero-order chi connectivity index (χ0) is 13.0. The van der Waals surface area contributed by atoms with E-state index in [4.69, 9.17) is 10.9 Å². The van der Waals surface area contributed by atoms with Crippen molar-refractivity contribution in [2.24, 2.45) is 10.9 Å². The SMILES string of the molecule is CC(CC(N)=NO)NCC(C)(C)S(C)(=O)=O. The van der Waals surface area contributed by atoms with E-state index in [9.17, 15) is 8.42 Å². The standard InChI is InChI=1S/C9H21N3O3S/c1-7(5-8(10)12-13)11-6-9(2,3)16(4,14)15/h7,11,13H,5-6H2,1-4H3,(H2,10,12). The van der Waals surface area contributed by atoms with Crippen molar-refractivity contribution in [2.45, 2.75) is 38.0 Å². The van der Waals surface area contributed by atoms with Gasteiger partial charge in [-0.1, -0.05) is 5.16 Å². The van der Waals surface area contributed by atoms with E-state index in [1.54, 1.807) is 13.8 Å². The highest BCUT2D eigenvalue weighted by Gasteiger charge is 2.30. The predicted molar refractivity (Wildman–Crippen MR) is 64.4 cm³/mol. The van der Waals surface area contributed by atoms with Gasteiger partial charge in [0.2, 0.25) is 0 Å². The molecule has 0 bridgehead atoms. The molecule has 0 aromatic heterocycles. The van der Waals surface area contributed by atoms with E-state index in [1.165, 1.54) is 6.26 Å². The molecule has 0 amide bonds. The van der Waals surface area contributed by atoms with Crippen molar-refractivity contribution in [3.8, 4) is 0 Å². The average molecular weight is 251 g/mol. The van der Waals surface area contributed by atoms with Gasteiger partial charge in [-0.25, -0.2) is 8.42 Å². The van der Waals surface area contributed by atoms with Crippen molar-refractivity contribution < 1.29 is 13.6 Å². The molecule has 1 unspecified atom stereocenters. The third kappa shape index (κ3) is 4.80. The lowest BCUT2D eigenvalue weighted by Crippen LogP contribution is -2.45. The molecule has 0 fully saturated rings. The number of hydrogen-bond acceptors (Lipinski definition) is 5. The molecule has 0 aliphatic heterocycles. The van der Waals surface area contributed by atoms with Crippen molar-refractivity contribution in [1.29, 1.82) is 0 Å². The number of rotatable bonds is 6. The Morgan fingerprint density at radius 3 is 2.44 bits per heavy atom. The van der Waals surface area contributed by atoms with Crippen LogP contribution in [0.1, 0.15) is 27.2 Å². The molecule has 7 heteroatoms. The molecule has 0 heterocycles. The quantitative estimate of drug-likeness (QED) is 0.265. The molecule has 0 spiro atoms. The minimum atomic E-state index is -3.11. The lowest BCUT2D eigenvalue weighted by Gasteiger charge is -2.25. The first-order chi connectivity index (χ1) is 7.10. The second-order valence-electron chi connectivity index (χ2n) is 4.61. The fourth-order valence-corrected chi connectivity index (χ4v) is 1.32. The first-order valence-electron chi connectivity index (χ1n) is 4.99. The lowest BCUT2D eigenvalue weighted by atomic mass is 10.1. The molecule has 4 N–H and O–H groups in total. The summed E-state index contributed by atoms with van der Waals surface area (Å²) < 4.78 is 22.0. The first kappa shape index (κ1) is 15.2. The van der Waals surface area contributed by atoms with Crippen LogP contribution in [0.5, 0.6) is 0 Å². The molecule has 0 radical (unpaired) electrons. The van der Waals surface area contributed by atoms with Crippen LogP contribution in [-0.4, -0.2) is 43.1 Å². The number of nitrogens with one attached hydrogen (secondary N) is 1. The average Bonchev–Trinajstić information content (AvgIpc) is 2.13. The van der Waals surface area contributed by atoms with Crippen LogP contribution in [0.4, 0.5) is 0 Å². The smallest absolute Gasteiger partial charge is 0.153 e. The Hall–Kier alpha value is -0.820. The number of sulfone groups is 1. The maximum absolute atomic E-state index is 11.4. The summed E-state index contributed by atoms with van der Waals surface area (Å²) in [5, 5.41) is 14.3. The Kier molecular flexibility index (Phi) is 5.21. The van der Waals surface area contributed by atoms with E-state index < -0.39 is 14.6 Å². The van der Waals surface area contributed by atoms with Crippen molar-refractivity contribution >= 4 is 15.7 Å². The maximum Gasteiger partial charge on any atom is 0.153 e. The summed E-state index contributed by atoms with van der Waals surface area (Å²) in [6.07, 6.45) is 1.58. The van der Waals surface area contributed by atoms with E-state index in [1.807, 2.05) is 6.92 Å². The van der Waals surface area contributed by atoms with Crippen LogP contribution in [-0.2, 0) is 9.84 Å². The van der Waals surface area contributed by atoms with Gasteiger partial charge >= 0.3 is 0 Å². The Labute approximate surface area is 96.8 Å². The normalized spacial score (nSPS) is 16.1. The van der Waals surface area contributed by atoms with Crippen LogP contribution in [0.2, 0.25) is 0 Å².